The fourth-order valence-corrected chi connectivity index (χ4v) is 2.97. The first-order chi connectivity index (χ1) is 11.0. The Hall–Kier alpha value is -2.43. The highest BCUT2D eigenvalue weighted by Gasteiger charge is 2.36. The summed E-state index contributed by atoms with van der Waals surface area (Å²) in [5.41, 5.74) is 0.354. The summed E-state index contributed by atoms with van der Waals surface area (Å²) in [7, 11) is 0. The molecule has 2 heterocycles. The minimum atomic E-state index is -0.994. The SMILES string of the molecule is CC(C)(C(=O)N1CCCC1)n1nc(-c2ccccc2)ccc1=O. The molecule has 2 aromatic rings. The van der Waals surface area contributed by atoms with E-state index in [4.69, 9.17) is 0 Å². The largest absolute Gasteiger partial charge is 0.341 e. The minimum absolute atomic E-state index is 0.0465. The van der Waals surface area contributed by atoms with Crippen LogP contribution < -0.4 is 5.56 Å². The maximum absolute atomic E-state index is 12.8. The van der Waals surface area contributed by atoms with Gasteiger partial charge in [-0.2, -0.15) is 5.10 Å². The van der Waals surface area contributed by atoms with Gasteiger partial charge in [0.05, 0.1) is 5.69 Å². The number of benzene rings is 1. The van der Waals surface area contributed by atoms with Crippen LogP contribution in [0, 0.1) is 0 Å². The maximum atomic E-state index is 12.8. The number of aromatic nitrogens is 2. The van der Waals surface area contributed by atoms with Gasteiger partial charge in [0.1, 0.15) is 5.54 Å². The van der Waals surface area contributed by atoms with Gasteiger partial charge >= 0.3 is 0 Å². The molecular weight excluding hydrogens is 290 g/mol. The number of carbonyl (C=O) groups excluding carboxylic acids is 1. The van der Waals surface area contributed by atoms with Gasteiger partial charge in [-0.25, -0.2) is 4.68 Å². The molecule has 1 aromatic carbocycles. The van der Waals surface area contributed by atoms with Crippen molar-refractivity contribution in [1.29, 1.82) is 0 Å². The van der Waals surface area contributed by atoms with E-state index in [1.807, 2.05) is 35.2 Å². The number of rotatable bonds is 3. The molecule has 0 spiro atoms. The van der Waals surface area contributed by atoms with E-state index in [9.17, 15) is 9.59 Å². The lowest BCUT2D eigenvalue weighted by atomic mass is 10.0. The molecule has 1 aliphatic rings. The van der Waals surface area contributed by atoms with Crippen LogP contribution >= 0.6 is 0 Å². The van der Waals surface area contributed by atoms with Gasteiger partial charge in [0.25, 0.3) is 5.56 Å². The highest BCUT2D eigenvalue weighted by Crippen LogP contribution is 2.21. The average Bonchev–Trinajstić information content (AvgIpc) is 3.09. The summed E-state index contributed by atoms with van der Waals surface area (Å²) in [5, 5.41) is 4.46. The molecule has 120 valence electrons. The first kappa shape index (κ1) is 15.5. The van der Waals surface area contributed by atoms with Gasteiger partial charge in [0.2, 0.25) is 5.91 Å². The number of amides is 1. The molecule has 3 rings (SSSR count). The molecule has 0 unspecified atom stereocenters. The van der Waals surface area contributed by atoms with E-state index < -0.39 is 5.54 Å². The van der Waals surface area contributed by atoms with E-state index in [0.29, 0.717) is 5.69 Å². The molecule has 0 saturated carbocycles. The lowest BCUT2D eigenvalue weighted by molar-refractivity contribution is -0.138. The first-order valence-electron chi connectivity index (χ1n) is 7.96. The van der Waals surface area contributed by atoms with Crippen molar-refractivity contribution in [3.63, 3.8) is 0 Å². The Kier molecular flexibility index (Phi) is 4.03. The van der Waals surface area contributed by atoms with Crippen molar-refractivity contribution in [2.75, 3.05) is 13.1 Å². The normalized spacial score (nSPS) is 15.0. The van der Waals surface area contributed by atoms with Crippen LogP contribution in [0.2, 0.25) is 0 Å². The molecule has 1 saturated heterocycles. The second-order valence-electron chi connectivity index (χ2n) is 6.39. The quantitative estimate of drug-likeness (QED) is 0.874. The minimum Gasteiger partial charge on any atom is -0.341 e. The summed E-state index contributed by atoms with van der Waals surface area (Å²) in [6.07, 6.45) is 2.04. The van der Waals surface area contributed by atoms with Crippen LogP contribution in [-0.4, -0.2) is 33.7 Å². The summed E-state index contributed by atoms with van der Waals surface area (Å²) < 4.78 is 1.32. The standard InChI is InChI=1S/C18H21N3O2/c1-18(2,17(23)20-12-6-7-13-20)21-16(22)11-10-15(19-21)14-8-4-3-5-9-14/h3-5,8-11H,6-7,12-13H2,1-2H3. The maximum Gasteiger partial charge on any atom is 0.267 e. The number of nitrogens with zero attached hydrogens (tertiary/aromatic N) is 3. The molecule has 0 radical (unpaired) electrons. The molecule has 5 nitrogen and oxygen atoms in total. The van der Waals surface area contributed by atoms with Crippen LogP contribution in [0.4, 0.5) is 0 Å². The molecule has 0 atom stereocenters. The van der Waals surface area contributed by atoms with Crippen molar-refractivity contribution in [2.24, 2.45) is 0 Å². The van der Waals surface area contributed by atoms with Gasteiger partial charge < -0.3 is 4.90 Å². The highest BCUT2D eigenvalue weighted by molar-refractivity contribution is 5.83. The Bertz CT molecular complexity index is 759. The third-order valence-corrected chi connectivity index (χ3v) is 4.32. The Morgan fingerprint density at radius 1 is 1.04 bits per heavy atom. The van der Waals surface area contributed by atoms with E-state index in [1.54, 1.807) is 19.9 Å². The van der Waals surface area contributed by atoms with Crippen LogP contribution in [0.1, 0.15) is 26.7 Å². The molecule has 23 heavy (non-hydrogen) atoms. The highest BCUT2D eigenvalue weighted by atomic mass is 16.2. The third kappa shape index (κ3) is 2.91. The first-order valence-corrected chi connectivity index (χ1v) is 7.96. The van der Waals surface area contributed by atoms with Gasteiger partial charge in [0, 0.05) is 24.7 Å². The summed E-state index contributed by atoms with van der Waals surface area (Å²) in [6.45, 7) is 5.04. The zero-order chi connectivity index (χ0) is 16.4. The number of hydrogen-bond donors (Lipinski definition) is 0. The van der Waals surface area contributed by atoms with Crippen molar-refractivity contribution in [1.82, 2.24) is 14.7 Å². The summed E-state index contributed by atoms with van der Waals surface area (Å²) >= 11 is 0. The molecule has 0 bridgehead atoms. The van der Waals surface area contributed by atoms with Gasteiger partial charge in [-0.1, -0.05) is 30.3 Å². The monoisotopic (exact) mass is 311 g/mol. The number of hydrogen-bond acceptors (Lipinski definition) is 3. The molecule has 1 amide bonds. The zero-order valence-electron chi connectivity index (χ0n) is 13.5. The van der Waals surface area contributed by atoms with Gasteiger partial charge in [-0.15, -0.1) is 0 Å². The van der Waals surface area contributed by atoms with E-state index in [-0.39, 0.29) is 11.5 Å². The van der Waals surface area contributed by atoms with Gasteiger partial charge in [-0.05, 0) is 32.8 Å². The Balaban J connectivity index is 2.01. The molecular formula is C18H21N3O2. The Labute approximate surface area is 135 Å². The fourth-order valence-electron chi connectivity index (χ4n) is 2.97. The number of likely N-dealkylation sites (tertiary alicyclic amines) is 1. The zero-order valence-corrected chi connectivity index (χ0v) is 13.5. The van der Waals surface area contributed by atoms with Crippen LogP contribution in [0.25, 0.3) is 11.3 Å². The second-order valence-corrected chi connectivity index (χ2v) is 6.39. The summed E-state index contributed by atoms with van der Waals surface area (Å²) in [6, 6.07) is 12.8. The topological polar surface area (TPSA) is 55.2 Å². The van der Waals surface area contributed by atoms with Crippen molar-refractivity contribution in [3.8, 4) is 11.3 Å². The lowest BCUT2D eigenvalue weighted by Gasteiger charge is -2.30. The summed E-state index contributed by atoms with van der Waals surface area (Å²) in [4.78, 5) is 26.9. The molecule has 0 aliphatic carbocycles. The van der Waals surface area contributed by atoms with E-state index >= 15 is 0 Å². The fraction of sp³-hybridized carbons (Fsp3) is 0.389. The molecule has 1 fully saturated rings. The Morgan fingerprint density at radius 3 is 2.35 bits per heavy atom. The van der Waals surface area contributed by atoms with E-state index in [2.05, 4.69) is 5.10 Å². The van der Waals surface area contributed by atoms with E-state index in [0.717, 1.165) is 31.5 Å². The third-order valence-electron chi connectivity index (χ3n) is 4.32. The smallest absolute Gasteiger partial charge is 0.267 e. The predicted molar refractivity (Wildman–Crippen MR) is 89.1 cm³/mol. The Morgan fingerprint density at radius 2 is 1.70 bits per heavy atom. The van der Waals surface area contributed by atoms with Crippen molar-refractivity contribution in [3.05, 3.63) is 52.8 Å². The van der Waals surface area contributed by atoms with Crippen molar-refractivity contribution < 1.29 is 4.79 Å². The number of carbonyl (C=O) groups is 1. The van der Waals surface area contributed by atoms with Gasteiger partial charge in [-0.3, -0.25) is 9.59 Å². The molecule has 0 N–H and O–H groups in total. The molecule has 1 aromatic heterocycles. The van der Waals surface area contributed by atoms with Crippen LogP contribution in [0.15, 0.2) is 47.3 Å². The lowest BCUT2D eigenvalue weighted by Crippen LogP contribution is -2.50. The van der Waals surface area contributed by atoms with Crippen LogP contribution in [-0.2, 0) is 10.3 Å². The van der Waals surface area contributed by atoms with Crippen molar-refractivity contribution >= 4 is 5.91 Å². The van der Waals surface area contributed by atoms with Crippen LogP contribution in [0.5, 0.6) is 0 Å². The molecule has 5 heteroatoms. The predicted octanol–water partition coefficient (Wildman–Crippen LogP) is 2.27. The van der Waals surface area contributed by atoms with E-state index in [1.165, 1.54) is 10.7 Å². The average molecular weight is 311 g/mol. The van der Waals surface area contributed by atoms with Crippen molar-refractivity contribution in [2.45, 2.75) is 32.2 Å². The molecule has 1 aliphatic heterocycles. The van der Waals surface area contributed by atoms with Crippen LogP contribution in [0.3, 0.4) is 0 Å². The van der Waals surface area contributed by atoms with Gasteiger partial charge in [0.15, 0.2) is 0 Å². The summed E-state index contributed by atoms with van der Waals surface area (Å²) in [5.74, 6) is -0.0465. The second kappa shape index (κ2) is 5.99.